The number of nitrogens with zero attached hydrogens (tertiary/aromatic N) is 4. The minimum absolute atomic E-state index is 0.0198. The van der Waals surface area contributed by atoms with Crippen LogP contribution in [0.4, 0.5) is 5.69 Å². The fourth-order valence-corrected chi connectivity index (χ4v) is 5.21. The normalized spacial score (nSPS) is 21.2. The third kappa shape index (κ3) is 3.65. The van der Waals surface area contributed by atoms with Gasteiger partial charge in [-0.25, -0.2) is 0 Å². The quantitative estimate of drug-likeness (QED) is 0.612. The van der Waals surface area contributed by atoms with Gasteiger partial charge in [0.15, 0.2) is 5.11 Å². The average molecular weight is 448 g/mol. The van der Waals surface area contributed by atoms with Crippen molar-refractivity contribution in [2.45, 2.75) is 25.9 Å². The van der Waals surface area contributed by atoms with Gasteiger partial charge in [0, 0.05) is 49.1 Å². The molecule has 0 saturated carbocycles. The first-order chi connectivity index (χ1) is 15.5. The van der Waals surface area contributed by atoms with E-state index >= 15 is 0 Å². The molecular weight excluding hydrogens is 418 g/mol. The topological polar surface area (TPSA) is 45.6 Å². The van der Waals surface area contributed by atoms with Crippen LogP contribution < -0.4 is 10.2 Å². The molecule has 3 aromatic rings. The van der Waals surface area contributed by atoms with Gasteiger partial charge in [0.05, 0.1) is 31.0 Å². The predicted molar refractivity (Wildman–Crippen MR) is 131 cm³/mol. The lowest BCUT2D eigenvalue weighted by molar-refractivity contribution is 0.122. The number of anilines is 1. The zero-order chi connectivity index (χ0) is 22.2. The Morgan fingerprint density at radius 2 is 1.75 bits per heavy atom. The van der Waals surface area contributed by atoms with Gasteiger partial charge in [0.25, 0.3) is 0 Å². The average Bonchev–Trinajstić information content (AvgIpc) is 3.29. The molecule has 2 atom stereocenters. The van der Waals surface area contributed by atoms with Crippen LogP contribution in [0.3, 0.4) is 0 Å². The molecule has 2 aromatic heterocycles. The number of morpholine rings is 1. The highest BCUT2D eigenvalue weighted by atomic mass is 32.1. The van der Waals surface area contributed by atoms with E-state index in [0.717, 1.165) is 37.1 Å². The Hall–Kier alpha value is -2.90. The summed E-state index contributed by atoms with van der Waals surface area (Å²) in [6.45, 7) is 7.85. The molecule has 2 aliphatic rings. The summed E-state index contributed by atoms with van der Waals surface area (Å²) < 4.78 is 7.82. The summed E-state index contributed by atoms with van der Waals surface area (Å²) in [6.07, 6.45) is 1.84. The minimum Gasteiger partial charge on any atom is -0.378 e. The van der Waals surface area contributed by atoms with Crippen molar-refractivity contribution in [2.24, 2.45) is 0 Å². The van der Waals surface area contributed by atoms with Gasteiger partial charge < -0.3 is 24.4 Å². The molecule has 2 fully saturated rings. The molecule has 2 aliphatic heterocycles. The van der Waals surface area contributed by atoms with Crippen LogP contribution in [-0.2, 0) is 4.74 Å². The predicted octanol–water partition coefficient (Wildman–Crippen LogP) is 3.93. The molecule has 1 aromatic carbocycles. The van der Waals surface area contributed by atoms with Crippen LogP contribution in [-0.4, -0.2) is 52.9 Å². The maximum atomic E-state index is 5.62. The molecule has 0 bridgehead atoms. The number of aromatic nitrogens is 2. The SMILES string of the molecule is Cc1cc([C@H]2[C@@H](c3ccccn3)NC(=S)N2C)c(C)n1-c1ccc(N2CCOCC2)cc1. The number of nitrogens with one attached hydrogen (secondary N) is 1. The number of thiocarbonyl (C=S) groups is 1. The number of pyridine rings is 1. The second-order valence-corrected chi connectivity index (χ2v) is 8.90. The Morgan fingerprint density at radius 1 is 1.03 bits per heavy atom. The van der Waals surface area contributed by atoms with E-state index in [2.05, 4.69) is 82.0 Å². The second kappa shape index (κ2) is 8.56. The van der Waals surface area contributed by atoms with Crippen molar-refractivity contribution in [2.75, 3.05) is 38.3 Å². The summed E-state index contributed by atoms with van der Waals surface area (Å²) in [4.78, 5) is 9.14. The monoisotopic (exact) mass is 447 g/mol. The van der Waals surface area contributed by atoms with Gasteiger partial charge in [0.2, 0.25) is 0 Å². The standard InChI is InChI=1S/C25H29N5OS/c1-17-16-21(24-23(27-25(32)28(24)3)22-6-4-5-11-26-22)18(2)30(17)20-9-7-19(8-10-20)29-12-14-31-15-13-29/h4-11,16,23-24H,12-15H2,1-3H3,(H,27,32)/t23-,24+/m1/s1. The molecule has 166 valence electrons. The zero-order valence-electron chi connectivity index (χ0n) is 18.8. The van der Waals surface area contributed by atoms with Crippen LogP contribution in [0.25, 0.3) is 5.69 Å². The largest absolute Gasteiger partial charge is 0.378 e. The van der Waals surface area contributed by atoms with Gasteiger partial charge in [-0.05, 0) is 74.1 Å². The number of ether oxygens (including phenoxy) is 1. The Balaban J connectivity index is 1.49. The van der Waals surface area contributed by atoms with Crippen molar-refractivity contribution < 1.29 is 4.74 Å². The van der Waals surface area contributed by atoms with Crippen LogP contribution in [0.2, 0.25) is 0 Å². The Bertz CT molecular complexity index is 1110. The fraction of sp³-hybridized carbons (Fsp3) is 0.360. The van der Waals surface area contributed by atoms with E-state index in [0.29, 0.717) is 0 Å². The van der Waals surface area contributed by atoms with Gasteiger partial charge in [-0.1, -0.05) is 6.07 Å². The summed E-state index contributed by atoms with van der Waals surface area (Å²) in [6, 6.07) is 17.3. The fourth-order valence-electron chi connectivity index (χ4n) is 4.97. The molecule has 0 amide bonds. The molecule has 2 saturated heterocycles. The van der Waals surface area contributed by atoms with E-state index in [1.165, 1.54) is 28.3 Å². The third-order valence-electron chi connectivity index (χ3n) is 6.61. The van der Waals surface area contributed by atoms with E-state index in [-0.39, 0.29) is 12.1 Å². The molecule has 32 heavy (non-hydrogen) atoms. The maximum Gasteiger partial charge on any atom is 0.169 e. The third-order valence-corrected chi connectivity index (χ3v) is 7.02. The summed E-state index contributed by atoms with van der Waals surface area (Å²) in [5.41, 5.74) is 7.14. The Morgan fingerprint density at radius 3 is 2.44 bits per heavy atom. The second-order valence-electron chi connectivity index (χ2n) is 8.52. The molecule has 1 N–H and O–H groups in total. The molecule has 0 radical (unpaired) electrons. The minimum atomic E-state index is 0.0198. The molecule has 4 heterocycles. The highest BCUT2D eigenvalue weighted by Crippen LogP contribution is 2.40. The summed E-state index contributed by atoms with van der Waals surface area (Å²) in [5, 5.41) is 4.23. The smallest absolute Gasteiger partial charge is 0.169 e. The molecular formula is C25H29N5OS. The van der Waals surface area contributed by atoms with Crippen LogP contribution in [0.5, 0.6) is 0 Å². The molecule has 0 aliphatic carbocycles. The van der Waals surface area contributed by atoms with E-state index in [1.54, 1.807) is 0 Å². The molecule has 7 heteroatoms. The van der Waals surface area contributed by atoms with Crippen LogP contribution in [0.1, 0.15) is 34.7 Å². The van der Waals surface area contributed by atoms with Crippen molar-refractivity contribution in [1.82, 2.24) is 19.8 Å². The summed E-state index contributed by atoms with van der Waals surface area (Å²) in [5.74, 6) is 0. The van der Waals surface area contributed by atoms with E-state index in [9.17, 15) is 0 Å². The highest BCUT2D eigenvalue weighted by Gasteiger charge is 2.39. The summed E-state index contributed by atoms with van der Waals surface area (Å²) in [7, 11) is 2.06. The number of hydrogen-bond acceptors (Lipinski definition) is 4. The molecule has 6 nitrogen and oxygen atoms in total. The van der Waals surface area contributed by atoms with Gasteiger partial charge >= 0.3 is 0 Å². The number of rotatable bonds is 4. The highest BCUT2D eigenvalue weighted by molar-refractivity contribution is 7.80. The summed E-state index contributed by atoms with van der Waals surface area (Å²) >= 11 is 5.62. The molecule has 0 unspecified atom stereocenters. The first kappa shape index (κ1) is 21.0. The van der Waals surface area contributed by atoms with Crippen molar-refractivity contribution >= 4 is 23.0 Å². The number of aryl methyl sites for hydroxylation is 1. The van der Waals surface area contributed by atoms with E-state index < -0.39 is 0 Å². The van der Waals surface area contributed by atoms with Crippen molar-refractivity contribution in [1.29, 1.82) is 0 Å². The first-order valence-electron chi connectivity index (χ1n) is 11.1. The number of likely N-dealkylation sites (N-methyl/N-ethyl adjacent to an activating group) is 1. The zero-order valence-corrected chi connectivity index (χ0v) is 19.6. The van der Waals surface area contributed by atoms with Gasteiger partial charge in [-0.2, -0.15) is 0 Å². The molecule has 0 spiro atoms. The van der Waals surface area contributed by atoms with E-state index in [1.807, 2.05) is 18.3 Å². The van der Waals surface area contributed by atoms with Crippen LogP contribution >= 0.6 is 12.2 Å². The Labute approximate surface area is 194 Å². The lowest BCUT2D eigenvalue weighted by Crippen LogP contribution is -2.36. The first-order valence-corrected chi connectivity index (χ1v) is 11.5. The van der Waals surface area contributed by atoms with Gasteiger partial charge in [-0.15, -0.1) is 0 Å². The molecule has 5 rings (SSSR count). The van der Waals surface area contributed by atoms with Crippen LogP contribution in [0, 0.1) is 13.8 Å². The van der Waals surface area contributed by atoms with Gasteiger partial charge in [0.1, 0.15) is 0 Å². The lowest BCUT2D eigenvalue weighted by Gasteiger charge is -2.29. The number of hydrogen-bond donors (Lipinski definition) is 1. The van der Waals surface area contributed by atoms with Crippen molar-refractivity contribution in [3.63, 3.8) is 0 Å². The lowest BCUT2D eigenvalue weighted by atomic mass is 9.97. The van der Waals surface area contributed by atoms with Crippen molar-refractivity contribution in [3.8, 4) is 5.69 Å². The van der Waals surface area contributed by atoms with E-state index in [4.69, 9.17) is 17.0 Å². The van der Waals surface area contributed by atoms with Crippen LogP contribution in [0.15, 0.2) is 54.7 Å². The Kier molecular flexibility index (Phi) is 5.61. The van der Waals surface area contributed by atoms with Gasteiger partial charge in [-0.3, -0.25) is 4.98 Å². The maximum absolute atomic E-state index is 5.62. The van der Waals surface area contributed by atoms with Crippen molar-refractivity contribution in [3.05, 3.63) is 77.4 Å². The number of benzene rings is 1.